The van der Waals surface area contributed by atoms with Gasteiger partial charge in [-0.1, -0.05) is 95.3 Å². The smallest absolute Gasteiger partial charge is 0.0429 e. The van der Waals surface area contributed by atoms with Gasteiger partial charge < -0.3 is 10.2 Å². The Balaban J connectivity index is 0.00000222. The Labute approximate surface area is 222 Å². The molecule has 0 aliphatic rings. The van der Waals surface area contributed by atoms with E-state index in [2.05, 4.69) is 105 Å². The number of nitrogens with one attached hydrogen (secondary N) is 1. The Kier molecular flexibility index (Phi) is 14.0. The zero-order valence-electron chi connectivity index (χ0n) is 23.9. The second-order valence-electron chi connectivity index (χ2n) is 9.23. The van der Waals surface area contributed by atoms with E-state index < -0.39 is 0 Å². The molecule has 3 aromatic carbocycles. The number of nitrogens with zero attached hydrogens (tertiary/aromatic N) is 1. The van der Waals surface area contributed by atoms with Gasteiger partial charge in [0.1, 0.15) is 0 Å². The van der Waals surface area contributed by atoms with Gasteiger partial charge in [-0.05, 0) is 98.0 Å². The SMILES string of the molecule is CC.CCNCCc1ccc(CN(CC)c2cc(CC)ccc2CCCc2ccccc2CC)cc1. The van der Waals surface area contributed by atoms with Crippen molar-refractivity contribution in [2.75, 3.05) is 24.5 Å². The molecule has 0 aromatic heterocycles. The number of rotatable bonds is 14. The highest BCUT2D eigenvalue weighted by atomic mass is 15.1. The molecular weight excluding hydrogens is 436 g/mol. The molecule has 0 aliphatic heterocycles. The first kappa shape index (κ1) is 29.6. The van der Waals surface area contributed by atoms with Crippen LogP contribution in [0.5, 0.6) is 0 Å². The quantitative estimate of drug-likeness (QED) is 0.231. The summed E-state index contributed by atoms with van der Waals surface area (Å²) in [4.78, 5) is 2.56. The molecule has 3 aromatic rings. The van der Waals surface area contributed by atoms with E-state index in [9.17, 15) is 0 Å². The minimum atomic E-state index is 0.961. The Hall–Kier alpha value is -2.58. The second kappa shape index (κ2) is 17.0. The molecule has 0 spiro atoms. The number of anilines is 1. The first-order chi connectivity index (χ1) is 17.7. The van der Waals surface area contributed by atoms with Crippen molar-refractivity contribution in [2.24, 2.45) is 0 Å². The van der Waals surface area contributed by atoms with Gasteiger partial charge in [-0.25, -0.2) is 0 Å². The molecule has 0 bridgehead atoms. The zero-order valence-corrected chi connectivity index (χ0v) is 23.9. The maximum atomic E-state index is 3.42. The van der Waals surface area contributed by atoms with Gasteiger partial charge in [0.25, 0.3) is 0 Å². The van der Waals surface area contributed by atoms with E-state index in [0.717, 1.165) is 58.3 Å². The molecule has 0 amide bonds. The van der Waals surface area contributed by atoms with Crippen molar-refractivity contribution in [1.29, 1.82) is 0 Å². The minimum Gasteiger partial charge on any atom is -0.367 e. The molecule has 0 saturated heterocycles. The van der Waals surface area contributed by atoms with E-state index in [-0.39, 0.29) is 0 Å². The summed E-state index contributed by atoms with van der Waals surface area (Å²) in [6.07, 6.45) is 6.75. The monoisotopic (exact) mass is 486 g/mol. The van der Waals surface area contributed by atoms with Gasteiger partial charge in [-0.15, -0.1) is 0 Å². The minimum absolute atomic E-state index is 0.961. The van der Waals surface area contributed by atoms with Gasteiger partial charge >= 0.3 is 0 Å². The molecule has 196 valence electrons. The van der Waals surface area contributed by atoms with E-state index in [1.54, 1.807) is 0 Å². The highest BCUT2D eigenvalue weighted by molar-refractivity contribution is 5.56. The van der Waals surface area contributed by atoms with Crippen LogP contribution in [-0.2, 0) is 38.6 Å². The first-order valence-corrected chi connectivity index (χ1v) is 14.4. The third kappa shape index (κ3) is 9.13. The topological polar surface area (TPSA) is 15.3 Å². The highest BCUT2D eigenvalue weighted by Crippen LogP contribution is 2.27. The van der Waals surface area contributed by atoms with Gasteiger partial charge in [0.2, 0.25) is 0 Å². The lowest BCUT2D eigenvalue weighted by Gasteiger charge is -2.27. The summed E-state index contributed by atoms with van der Waals surface area (Å²) in [6.45, 7) is 17.0. The predicted octanol–water partition coefficient (Wildman–Crippen LogP) is 8.19. The maximum absolute atomic E-state index is 3.42. The van der Waals surface area contributed by atoms with E-state index in [0.29, 0.717) is 0 Å². The zero-order chi connectivity index (χ0) is 26.2. The van der Waals surface area contributed by atoms with Crippen LogP contribution in [0.4, 0.5) is 5.69 Å². The number of benzene rings is 3. The average Bonchev–Trinajstić information content (AvgIpc) is 2.94. The third-order valence-electron chi connectivity index (χ3n) is 6.91. The molecule has 1 N–H and O–H groups in total. The molecule has 36 heavy (non-hydrogen) atoms. The van der Waals surface area contributed by atoms with Gasteiger partial charge in [0, 0.05) is 18.8 Å². The van der Waals surface area contributed by atoms with Crippen LogP contribution < -0.4 is 10.2 Å². The van der Waals surface area contributed by atoms with Crippen LogP contribution in [0.15, 0.2) is 66.7 Å². The Morgan fingerprint density at radius 3 is 1.92 bits per heavy atom. The summed E-state index contributed by atoms with van der Waals surface area (Å²) in [6, 6.07) is 25.3. The van der Waals surface area contributed by atoms with Crippen LogP contribution in [0.3, 0.4) is 0 Å². The van der Waals surface area contributed by atoms with Gasteiger partial charge in [-0.2, -0.15) is 0 Å². The molecule has 0 unspecified atom stereocenters. The molecule has 2 nitrogen and oxygen atoms in total. The van der Waals surface area contributed by atoms with Crippen molar-refractivity contribution in [1.82, 2.24) is 5.32 Å². The number of hydrogen-bond donors (Lipinski definition) is 1. The average molecular weight is 487 g/mol. The van der Waals surface area contributed by atoms with Gasteiger partial charge in [0.15, 0.2) is 0 Å². The van der Waals surface area contributed by atoms with Crippen molar-refractivity contribution < 1.29 is 0 Å². The van der Waals surface area contributed by atoms with Gasteiger partial charge in [-0.3, -0.25) is 0 Å². The maximum Gasteiger partial charge on any atom is 0.0429 e. The Bertz CT molecular complexity index is 990. The lowest BCUT2D eigenvalue weighted by Crippen LogP contribution is -2.23. The van der Waals surface area contributed by atoms with Crippen LogP contribution in [0.25, 0.3) is 0 Å². The third-order valence-corrected chi connectivity index (χ3v) is 6.91. The largest absolute Gasteiger partial charge is 0.367 e. The van der Waals surface area contributed by atoms with Crippen LogP contribution in [0, 0.1) is 0 Å². The number of hydrogen-bond acceptors (Lipinski definition) is 2. The molecule has 0 heterocycles. The van der Waals surface area contributed by atoms with Crippen molar-refractivity contribution in [3.05, 3.63) is 100 Å². The highest BCUT2D eigenvalue weighted by Gasteiger charge is 2.12. The second-order valence-corrected chi connectivity index (χ2v) is 9.23. The Morgan fingerprint density at radius 1 is 0.639 bits per heavy atom. The fourth-order valence-corrected chi connectivity index (χ4v) is 4.76. The van der Waals surface area contributed by atoms with E-state index in [4.69, 9.17) is 0 Å². The van der Waals surface area contributed by atoms with Crippen molar-refractivity contribution in [3.8, 4) is 0 Å². The van der Waals surface area contributed by atoms with Crippen LogP contribution in [0.1, 0.15) is 81.3 Å². The van der Waals surface area contributed by atoms with Crippen molar-refractivity contribution in [3.63, 3.8) is 0 Å². The summed E-state index contributed by atoms with van der Waals surface area (Å²) in [5, 5.41) is 3.42. The lowest BCUT2D eigenvalue weighted by atomic mass is 9.96. The van der Waals surface area contributed by atoms with Crippen molar-refractivity contribution in [2.45, 2.75) is 86.6 Å². The first-order valence-electron chi connectivity index (χ1n) is 14.4. The summed E-state index contributed by atoms with van der Waals surface area (Å²) >= 11 is 0. The molecule has 0 atom stereocenters. The van der Waals surface area contributed by atoms with E-state index in [1.807, 2.05) is 13.8 Å². The van der Waals surface area contributed by atoms with Crippen LogP contribution in [-0.4, -0.2) is 19.6 Å². The number of aryl methyl sites for hydroxylation is 4. The predicted molar refractivity (Wildman–Crippen MR) is 160 cm³/mol. The van der Waals surface area contributed by atoms with Crippen molar-refractivity contribution >= 4 is 5.69 Å². The summed E-state index contributed by atoms with van der Waals surface area (Å²) in [5.74, 6) is 0. The molecule has 2 heteroatoms. The van der Waals surface area contributed by atoms with Crippen LogP contribution in [0.2, 0.25) is 0 Å². The normalized spacial score (nSPS) is 10.6. The molecular formula is C34H50N2. The molecule has 0 fully saturated rings. The summed E-state index contributed by atoms with van der Waals surface area (Å²) in [7, 11) is 0. The van der Waals surface area contributed by atoms with Crippen LogP contribution >= 0.6 is 0 Å². The molecule has 0 saturated carbocycles. The number of likely N-dealkylation sites (N-methyl/N-ethyl adjacent to an activating group) is 1. The standard InChI is InChI=1S/C32H44N2.C2H6/c1-5-26-20-21-31(15-11-14-30-13-10-9-12-29(30)6-2)32(24-26)34(8-4)25-28-18-16-27(17-19-28)22-23-33-7-3;1-2/h9-10,12-13,16-21,24,33H,5-8,11,14-15,22-23,25H2,1-4H3;1-2H3. The Morgan fingerprint density at radius 2 is 1.28 bits per heavy atom. The van der Waals surface area contributed by atoms with Gasteiger partial charge in [0.05, 0.1) is 0 Å². The summed E-state index contributed by atoms with van der Waals surface area (Å²) < 4.78 is 0. The van der Waals surface area contributed by atoms with E-state index >= 15 is 0 Å². The lowest BCUT2D eigenvalue weighted by molar-refractivity contribution is 0.716. The molecule has 0 radical (unpaired) electrons. The fourth-order valence-electron chi connectivity index (χ4n) is 4.76. The van der Waals surface area contributed by atoms with E-state index in [1.165, 1.54) is 45.5 Å². The summed E-state index contributed by atoms with van der Waals surface area (Å²) in [5.41, 5.74) is 10.1. The fraction of sp³-hybridized carbons (Fsp3) is 0.471. The molecule has 3 rings (SSSR count). The molecule has 0 aliphatic carbocycles.